The summed E-state index contributed by atoms with van der Waals surface area (Å²) in [6.45, 7) is 4.41. The molecule has 0 spiro atoms. The van der Waals surface area contributed by atoms with E-state index in [1.54, 1.807) is 4.90 Å². The number of hydrogen-bond acceptors (Lipinski definition) is 5. The largest absolute Gasteiger partial charge is 0.493 e. The average Bonchev–Trinajstić information content (AvgIpc) is 3.33. The monoisotopic (exact) mass is 411 g/mol. The van der Waals surface area contributed by atoms with E-state index in [4.69, 9.17) is 4.74 Å². The molecule has 2 saturated heterocycles. The molecule has 4 aliphatic rings. The van der Waals surface area contributed by atoms with Gasteiger partial charge in [-0.15, -0.1) is 0 Å². The Balaban J connectivity index is 1.13. The zero-order valence-corrected chi connectivity index (χ0v) is 17.3. The van der Waals surface area contributed by atoms with E-state index in [2.05, 4.69) is 23.1 Å². The summed E-state index contributed by atoms with van der Waals surface area (Å²) in [6.07, 6.45) is 4.55. The molecule has 0 N–H and O–H groups in total. The minimum Gasteiger partial charge on any atom is -0.493 e. The van der Waals surface area contributed by atoms with E-state index in [9.17, 15) is 14.4 Å². The van der Waals surface area contributed by atoms with E-state index in [0.29, 0.717) is 13.1 Å². The summed E-state index contributed by atoms with van der Waals surface area (Å²) in [7, 11) is 0. The number of hydrogen-bond donors (Lipinski definition) is 0. The van der Waals surface area contributed by atoms with E-state index in [-0.39, 0.29) is 36.1 Å². The fraction of sp³-hybridized carbons (Fsp3) is 0.609. The molecule has 30 heavy (non-hydrogen) atoms. The van der Waals surface area contributed by atoms with E-state index < -0.39 is 0 Å². The summed E-state index contributed by atoms with van der Waals surface area (Å²) in [5.74, 6) is 0.265. The van der Waals surface area contributed by atoms with Crippen LogP contribution in [0.3, 0.4) is 0 Å². The van der Waals surface area contributed by atoms with Crippen LogP contribution >= 0.6 is 0 Å². The number of likely N-dealkylation sites (tertiary alicyclic amines) is 1. The summed E-state index contributed by atoms with van der Waals surface area (Å²) >= 11 is 0. The molecule has 3 aliphatic heterocycles. The highest BCUT2D eigenvalue weighted by molar-refractivity contribution is 6.07. The smallest absolute Gasteiger partial charge is 0.242 e. The van der Waals surface area contributed by atoms with Gasteiger partial charge in [-0.05, 0) is 30.0 Å². The van der Waals surface area contributed by atoms with Gasteiger partial charge in [-0.1, -0.05) is 25.0 Å². The molecule has 1 saturated carbocycles. The first kappa shape index (κ1) is 19.5. The van der Waals surface area contributed by atoms with Crippen LogP contribution in [0.2, 0.25) is 0 Å². The molecule has 1 aliphatic carbocycles. The van der Waals surface area contributed by atoms with Gasteiger partial charge in [0.15, 0.2) is 0 Å². The average molecular weight is 412 g/mol. The minimum atomic E-state index is -0.186. The molecule has 7 nitrogen and oxygen atoms in total. The van der Waals surface area contributed by atoms with Gasteiger partial charge in [0.05, 0.1) is 18.4 Å². The SMILES string of the molecule is O=C(CN1C(=O)C2CCCCC2C1=O)N1CCN(Cc2ccc3c(c2)CCO3)CC1. The lowest BCUT2D eigenvalue weighted by atomic mass is 9.81. The fourth-order valence-electron chi connectivity index (χ4n) is 5.37. The molecule has 0 aromatic heterocycles. The Morgan fingerprint density at radius 1 is 1.00 bits per heavy atom. The molecule has 2 atom stereocenters. The van der Waals surface area contributed by atoms with Gasteiger partial charge < -0.3 is 9.64 Å². The molecular formula is C23H29N3O4. The van der Waals surface area contributed by atoms with Crippen LogP contribution in [-0.4, -0.2) is 71.8 Å². The first-order chi connectivity index (χ1) is 14.6. The van der Waals surface area contributed by atoms with Crippen molar-refractivity contribution < 1.29 is 19.1 Å². The molecule has 0 bridgehead atoms. The molecule has 3 fully saturated rings. The summed E-state index contributed by atoms with van der Waals surface area (Å²) in [6, 6.07) is 6.40. The number of carbonyl (C=O) groups excluding carboxylic acids is 3. The Morgan fingerprint density at radius 3 is 2.40 bits per heavy atom. The lowest BCUT2D eigenvalue weighted by Gasteiger charge is -2.35. The Kier molecular flexibility index (Phi) is 5.23. The lowest BCUT2D eigenvalue weighted by Crippen LogP contribution is -2.51. The van der Waals surface area contributed by atoms with Gasteiger partial charge in [0.25, 0.3) is 0 Å². The van der Waals surface area contributed by atoms with Crippen molar-refractivity contribution in [2.45, 2.75) is 38.6 Å². The minimum absolute atomic E-state index is 0.0878. The number of imide groups is 1. The third kappa shape index (κ3) is 3.60. The van der Waals surface area contributed by atoms with Gasteiger partial charge in [-0.3, -0.25) is 24.2 Å². The maximum absolute atomic E-state index is 12.8. The first-order valence-corrected chi connectivity index (χ1v) is 11.2. The van der Waals surface area contributed by atoms with Crippen LogP contribution in [0.1, 0.15) is 36.8 Å². The maximum atomic E-state index is 12.8. The van der Waals surface area contributed by atoms with Crippen molar-refractivity contribution in [3.8, 4) is 5.75 Å². The van der Waals surface area contributed by atoms with Gasteiger partial charge >= 0.3 is 0 Å². The first-order valence-electron chi connectivity index (χ1n) is 11.2. The molecule has 3 heterocycles. The number of amides is 3. The molecule has 160 valence electrons. The molecular weight excluding hydrogens is 382 g/mol. The molecule has 0 radical (unpaired) electrons. The number of rotatable bonds is 4. The van der Waals surface area contributed by atoms with Crippen LogP contribution in [0.5, 0.6) is 5.75 Å². The highest BCUT2D eigenvalue weighted by Crippen LogP contribution is 2.38. The van der Waals surface area contributed by atoms with Crippen molar-refractivity contribution in [1.29, 1.82) is 0 Å². The van der Waals surface area contributed by atoms with Crippen molar-refractivity contribution in [2.75, 3.05) is 39.3 Å². The van der Waals surface area contributed by atoms with Gasteiger partial charge in [0, 0.05) is 39.1 Å². The summed E-state index contributed by atoms with van der Waals surface area (Å²) in [4.78, 5) is 43.4. The van der Waals surface area contributed by atoms with E-state index >= 15 is 0 Å². The van der Waals surface area contributed by atoms with Crippen LogP contribution in [0.4, 0.5) is 0 Å². The highest BCUT2D eigenvalue weighted by Gasteiger charge is 2.48. The summed E-state index contributed by atoms with van der Waals surface area (Å²) in [5, 5.41) is 0. The standard InChI is InChI=1S/C23H29N3O4/c27-21(15-26-22(28)18-3-1-2-4-19(18)23(26)29)25-10-8-24(9-11-25)14-16-5-6-20-17(13-16)7-12-30-20/h5-6,13,18-19H,1-4,7-12,14-15H2. The van der Waals surface area contributed by atoms with E-state index in [1.165, 1.54) is 16.0 Å². The zero-order valence-electron chi connectivity index (χ0n) is 17.3. The third-order valence-corrected chi connectivity index (χ3v) is 7.11. The van der Waals surface area contributed by atoms with E-state index in [1.807, 2.05) is 0 Å². The Bertz CT molecular complexity index is 838. The van der Waals surface area contributed by atoms with Gasteiger partial charge in [0.1, 0.15) is 12.3 Å². The Labute approximate surface area is 176 Å². The van der Waals surface area contributed by atoms with Crippen molar-refractivity contribution in [3.05, 3.63) is 29.3 Å². The number of ether oxygens (including phenoxy) is 1. The molecule has 1 aromatic rings. The second-order valence-electron chi connectivity index (χ2n) is 8.96. The Hall–Kier alpha value is -2.41. The number of nitrogens with zero attached hydrogens (tertiary/aromatic N) is 3. The highest BCUT2D eigenvalue weighted by atomic mass is 16.5. The maximum Gasteiger partial charge on any atom is 0.242 e. The van der Waals surface area contributed by atoms with Gasteiger partial charge in [0.2, 0.25) is 17.7 Å². The van der Waals surface area contributed by atoms with Crippen molar-refractivity contribution in [2.24, 2.45) is 11.8 Å². The van der Waals surface area contributed by atoms with Crippen LogP contribution in [0.15, 0.2) is 18.2 Å². The van der Waals surface area contributed by atoms with Crippen molar-refractivity contribution >= 4 is 17.7 Å². The predicted octanol–water partition coefficient (Wildman–Crippen LogP) is 1.44. The lowest BCUT2D eigenvalue weighted by molar-refractivity contribution is -0.147. The zero-order chi connectivity index (χ0) is 20.7. The number of carbonyl (C=O) groups is 3. The van der Waals surface area contributed by atoms with Crippen LogP contribution in [0, 0.1) is 11.8 Å². The number of benzene rings is 1. The normalized spacial score (nSPS) is 26.5. The van der Waals surface area contributed by atoms with Crippen molar-refractivity contribution in [3.63, 3.8) is 0 Å². The topological polar surface area (TPSA) is 70.2 Å². The molecule has 7 heteroatoms. The van der Waals surface area contributed by atoms with Crippen molar-refractivity contribution in [1.82, 2.24) is 14.7 Å². The number of fused-ring (bicyclic) bond motifs is 2. The number of piperazine rings is 1. The summed E-state index contributed by atoms with van der Waals surface area (Å²) < 4.78 is 5.57. The molecule has 2 unspecified atom stereocenters. The third-order valence-electron chi connectivity index (χ3n) is 7.11. The fourth-order valence-corrected chi connectivity index (χ4v) is 5.37. The quantitative estimate of drug-likeness (QED) is 0.702. The second-order valence-corrected chi connectivity index (χ2v) is 8.96. The van der Waals surface area contributed by atoms with Crippen LogP contribution in [-0.2, 0) is 27.3 Å². The van der Waals surface area contributed by atoms with Crippen LogP contribution in [0.25, 0.3) is 0 Å². The van der Waals surface area contributed by atoms with Crippen LogP contribution < -0.4 is 4.74 Å². The van der Waals surface area contributed by atoms with Gasteiger partial charge in [-0.2, -0.15) is 0 Å². The Morgan fingerprint density at radius 2 is 1.70 bits per heavy atom. The molecule has 1 aromatic carbocycles. The van der Waals surface area contributed by atoms with Gasteiger partial charge in [-0.25, -0.2) is 0 Å². The molecule has 5 rings (SSSR count). The second kappa shape index (κ2) is 8.02. The van der Waals surface area contributed by atoms with E-state index in [0.717, 1.165) is 64.1 Å². The molecule has 3 amide bonds. The summed E-state index contributed by atoms with van der Waals surface area (Å²) in [5.41, 5.74) is 2.55. The predicted molar refractivity (Wildman–Crippen MR) is 110 cm³/mol.